The van der Waals surface area contributed by atoms with Crippen LogP contribution in [0, 0.1) is 5.92 Å². The van der Waals surface area contributed by atoms with Gasteiger partial charge in [-0.25, -0.2) is 0 Å². The van der Waals surface area contributed by atoms with E-state index in [9.17, 15) is 18.0 Å². The topological polar surface area (TPSA) is 17.1 Å². The van der Waals surface area contributed by atoms with Gasteiger partial charge in [0.05, 0.1) is 0 Å². The lowest BCUT2D eigenvalue weighted by molar-refractivity contribution is -0.144. The van der Waals surface area contributed by atoms with Crippen LogP contribution in [0.1, 0.15) is 49.4 Å². The zero-order valence-electron chi connectivity index (χ0n) is 11.3. The van der Waals surface area contributed by atoms with E-state index in [1.165, 1.54) is 0 Å². The number of benzene rings is 1. The Kier molecular flexibility index (Phi) is 6.53. The van der Waals surface area contributed by atoms with Crippen molar-refractivity contribution in [2.45, 2.75) is 45.2 Å². The van der Waals surface area contributed by atoms with Gasteiger partial charge in [0.1, 0.15) is 0 Å². The summed E-state index contributed by atoms with van der Waals surface area (Å²) >= 11 is 5.72. The average Bonchev–Trinajstić information content (AvgIpc) is 2.35. The summed E-state index contributed by atoms with van der Waals surface area (Å²) in [7, 11) is 0. The molecule has 0 saturated carbocycles. The van der Waals surface area contributed by atoms with Crippen LogP contribution in [0.3, 0.4) is 0 Å². The maximum Gasteiger partial charge on any atom is 0.389 e. The van der Waals surface area contributed by atoms with E-state index in [1.54, 1.807) is 24.3 Å². The van der Waals surface area contributed by atoms with Crippen LogP contribution >= 0.6 is 11.6 Å². The summed E-state index contributed by atoms with van der Waals surface area (Å²) in [6.45, 7) is 1.92. The van der Waals surface area contributed by atoms with E-state index in [-0.39, 0.29) is 12.2 Å². The minimum Gasteiger partial charge on any atom is -0.294 e. The van der Waals surface area contributed by atoms with Crippen LogP contribution < -0.4 is 0 Å². The van der Waals surface area contributed by atoms with Gasteiger partial charge in [-0.15, -0.1) is 0 Å². The Bertz CT molecular complexity index is 426. The van der Waals surface area contributed by atoms with Gasteiger partial charge >= 0.3 is 6.18 Å². The van der Waals surface area contributed by atoms with Gasteiger partial charge in [-0.05, 0) is 36.6 Å². The minimum absolute atomic E-state index is 0.0683. The molecule has 20 heavy (non-hydrogen) atoms. The lowest BCUT2D eigenvalue weighted by atomic mass is 9.91. The third-order valence-electron chi connectivity index (χ3n) is 3.13. The van der Waals surface area contributed by atoms with Gasteiger partial charge in [-0.1, -0.05) is 31.4 Å². The first-order valence-corrected chi connectivity index (χ1v) is 7.05. The van der Waals surface area contributed by atoms with E-state index in [0.29, 0.717) is 23.4 Å². The van der Waals surface area contributed by atoms with E-state index >= 15 is 0 Å². The number of alkyl halides is 3. The number of carbonyl (C=O) groups is 1. The van der Waals surface area contributed by atoms with Gasteiger partial charge in [0, 0.05) is 23.4 Å². The van der Waals surface area contributed by atoms with Gasteiger partial charge in [0.15, 0.2) is 5.78 Å². The quantitative estimate of drug-likeness (QED) is 0.593. The Morgan fingerprint density at radius 1 is 1.25 bits per heavy atom. The first-order valence-electron chi connectivity index (χ1n) is 6.67. The highest BCUT2D eigenvalue weighted by atomic mass is 35.5. The van der Waals surface area contributed by atoms with Crippen LogP contribution in [-0.4, -0.2) is 12.0 Å². The summed E-state index contributed by atoms with van der Waals surface area (Å²) < 4.78 is 37.5. The van der Waals surface area contributed by atoms with E-state index in [1.807, 2.05) is 6.92 Å². The van der Waals surface area contributed by atoms with Crippen LogP contribution in [-0.2, 0) is 0 Å². The number of rotatable bonds is 7. The van der Waals surface area contributed by atoms with Crippen LogP contribution in [0.5, 0.6) is 0 Å². The minimum atomic E-state index is -4.22. The molecular weight excluding hydrogens is 289 g/mol. The maximum absolute atomic E-state index is 12.5. The number of unbranched alkanes of at least 4 members (excludes halogenated alkanes) is 1. The predicted octanol–water partition coefficient (Wildman–Crippen LogP) is 5.67. The standard InChI is InChI=1S/C15H18ClF3O/c1-2-3-4-11(10-15(17,18)19)9-14(20)12-5-7-13(16)8-6-12/h5-8,11H,2-4,9-10H2,1H3. The first kappa shape index (κ1) is 17.0. The molecule has 0 saturated heterocycles. The van der Waals surface area contributed by atoms with Crippen LogP contribution in [0.4, 0.5) is 13.2 Å². The molecule has 0 fully saturated rings. The monoisotopic (exact) mass is 306 g/mol. The van der Waals surface area contributed by atoms with Crippen molar-refractivity contribution in [2.75, 3.05) is 0 Å². The Morgan fingerprint density at radius 2 is 1.85 bits per heavy atom. The number of carbonyl (C=O) groups excluding carboxylic acids is 1. The van der Waals surface area contributed by atoms with E-state index in [0.717, 1.165) is 6.42 Å². The number of Topliss-reactive ketones (excluding diaryl/α,β-unsaturated/α-hetero) is 1. The summed E-state index contributed by atoms with van der Waals surface area (Å²) in [6, 6.07) is 6.24. The molecule has 1 unspecified atom stereocenters. The molecular formula is C15H18ClF3O. The number of hydrogen-bond acceptors (Lipinski definition) is 1. The second-order valence-electron chi connectivity index (χ2n) is 4.96. The summed E-state index contributed by atoms with van der Waals surface area (Å²) in [4.78, 5) is 12.0. The second-order valence-corrected chi connectivity index (χ2v) is 5.40. The summed E-state index contributed by atoms with van der Waals surface area (Å²) in [6.07, 6.45) is -3.24. The highest BCUT2D eigenvalue weighted by Crippen LogP contribution is 2.30. The highest BCUT2D eigenvalue weighted by molar-refractivity contribution is 6.30. The molecule has 1 nitrogen and oxygen atoms in total. The van der Waals surface area contributed by atoms with Crippen molar-refractivity contribution < 1.29 is 18.0 Å². The molecule has 0 heterocycles. The lowest BCUT2D eigenvalue weighted by Crippen LogP contribution is -2.18. The predicted molar refractivity (Wildman–Crippen MR) is 74.1 cm³/mol. The molecule has 1 rings (SSSR count). The SMILES string of the molecule is CCCCC(CC(=O)c1ccc(Cl)cc1)CC(F)(F)F. The zero-order valence-corrected chi connectivity index (χ0v) is 12.1. The summed E-state index contributed by atoms with van der Waals surface area (Å²) in [5, 5.41) is 0.499. The number of ketones is 1. The fraction of sp³-hybridized carbons (Fsp3) is 0.533. The van der Waals surface area contributed by atoms with Crippen molar-refractivity contribution in [1.29, 1.82) is 0 Å². The third kappa shape index (κ3) is 6.42. The van der Waals surface area contributed by atoms with E-state index in [4.69, 9.17) is 11.6 Å². The Labute approximate surface area is 122 Å². The number of hydrogen-bond donors (Lipinski definition) is 0. The molecule has 0 aliphatic carbocycles. The summed E-state index contributed by atoms with van der Waals surface area (Å²) in [5.74, 6) is -0.898. The highest BCUT2D eigenvalue weighted by Gasteiger charge is 2.32. The molecule has 5 heteroatoms. The molecule has 0 aliphatic heterocycles. The van der Waals surface area contributed by atoms with Gasteiger partial charge in [-0.2, -0.15) is 13.2 Å². The van der Waals surface area contributed by atoms with Crippen molar-refractivity contribution in [3.8, 4) is 0 Å². The molecule has 0 spiro atoms. The first-order chi connectivity index (χ1) is 9.31. The fourth-order valence-electron chi connectivity index (χ4n) is 2.11. The molecule has 0 radical (unpaired) electrons. The Hall–Kier alpha value is -1.03. The van der Waals surface area contributed by atoms with E-state index < -0.39 is 18.5 Å². The molecule has 0 aliphatic rings. The van der Waals surface area contributed by atoms with Crippen LogP contribution in [0.15, 0.2) is 24.3 Å². The molecule has 1 aromatic rings. The second kappa shape index (κ2) is 7.67. The molecule has 0 amide bonds. The van der Waals surface area contributed by atoms with Gasteiger partial charge in [0.2, 0.25) is 0 Å². The Morgan fingerprint density at radius 3 is 2.35 bits per heavy atom. The van der Waals surface area contributed by atoms with E-state index in [2.05, 4.69) is 0 Å². The van der Waals surface area contributed by atoms with Crippen molar-refractivity contribution in [3.63, 3.8) is 0 Å². The molecule has 0 aromatic heterocycles. The largest absolute Gasteiger partial charge is 0.389 e. The maximum atomic E-state index is 12.5. The third-order valence-corrected chi connectivity index (χ3v) is 3.38. The molecule has 112 valence electrons. The van der Waals surface area contributed by atoms with Crippen molar-refractivity contribution in [3.05, 3.63) is 34.9 Å². The van der Waals surface area contributed by atoms with Gasteiger partial charge < -0.3 is 0 Å². The van der Waals surface area contributed by atoms with Crippen molar-refractivity contribution in [2.24, 2.45) is 5.92 Å². The van der Waals surface area contributed by atoms with Crippen molar-refractivity contribution in [1.82, 2.24) is 0 Å². The molecule has 1 atom stereocenters. The lowest BCUT2D eigenvalue weighted by Gasteiger charge is -2.17. The molecule has 1 aromatic carbocycles. The number of halogens is 4. The average molecular weight is 307 g/mol. The molecule has 0 bridgehead atoms. The summed E-state index contributed by atoms with van der Waals surface area (Å²) in [5.41, 5.74) is 0.415. The zero-order chi connectivity index (χ0) is 15.2. The van der Waals surface area contributed by atoms with Gasteiger partial charge in [-0.3, -0.25) is 4.79 Å². The van der Waals surface area contributed by atoms with Crippen LogP contribution in [0.2, 0.25) is 5.02 Å². The molecule has 0 N–H and O–H groups in total. The van der Waals surface area contributed by atoms with Crippen LogP contribution in [0.25, 0.3) is 0 Å². The van der Waals surface area contributed by atoms with Gasteiger partial charge in [0.25, 0.3) is 0 Å². The normalized spacial score (nSPS) is 13.2. The fourth-order valence-corrected chi connectivity index (χ4v) is 2.24. The smallest absolute Gasteiger partial charge is 0.294 e. The van der Waals surface area contributed by atoms with Crippen molar-refractivity contribution >= 4 is 17.4 Å². The Balaban J connectivity index is 2.67.